The molecule has 0 saturated carbocycles. The molecule has 0 unspecified atom stereocenters. The average molecular weight is 136 g/mol. The normalized spacial score (nSPS) is 5.25. The van der Waals surface area contributed by atoms with Gasteiger partial charge in [-0.05, 0) is 6.26 Å². The maximum Gasteiger partial charge on any atom is -0.0215 e. The lowest BCUT2D eigenvalue weighted by molar-refractivity contribution is 0.886. The van der Waals surface area contributed by atoms with Crippen LogP contribution in [0.3, 0.4) is 0 Å². The maximum atomic E-state index is 3.53. The Morgan fingerprint density at radius 2 is 1.00 bits per heavy atom. The van der Waals surface area contributed by atoms with E-state index >= 15 is 0 Å². The molecule has 0 N–H and O–H groups in total. The third-order valence-corrected chi connectivity index (χ3v) is 0.500. The van der Waals surface area contributed by atoms with Crippen LogP contribution in [0.15, 0.2) is 0 Å². The Labute approximate surface area is 60.1 Å². The lowest BCUT2D eigenvalue weighted by Crippen LogP contribution is -1.47. The van der Waals surface area contributed by atoms with Gasteiger partial charge in [-0.2, -0.15) is 12.6 Å². The fourth-order valence-corrected chi connectivity index (χ4v) is 0. The third-order valence-electron chi connectivity index (χ3n) is 0.500. The molecule has 0 atom stereocenters. The van der Waals surface area contributed by atoms with Gasteiger partial charge in [0.25, 0.3) is 0 Å². The van der Waals surface area contributed by atoms with Gasteiger partial charge in [0.05, 0.1) is 0 Å². The summed E-state index contributed by atoms with van der Waals surface area (Å²) in [5.74, 6) is 0. The first-order chi connectivity index (χ1) is 3.91. The number of thiol groups is 1. The molecular weight excluding hydrogens is 116 g/mol. The van der Waals surface area contributed by atoms with Gasteiger partial charge >= 0.3 is 0 Å². The van der Waals surface area contributed by atoms with Gasteiger partial charge in [-0.1, -0.05) is 40.5 Å². The molecular formula is C7H20S. The van der Waals surface area contributed by atoms with E-state index in [1.54, 1.807) is 6.26 Å². The predicted molar refractivity (Wildman–Crippen MR) is 46.8 cm³/mol. The van der Waals surface area contributed by atoms with Crippen LogP contribution in [0, 0.1) is 0 Å². The summed E-state index contributed by atoms with van der Waals surface area (Å²) in [7, 11) is 0. The highest BCUT2D eigenvalue weighted by molar-refractivity contribution is 7.79. The Morgan fingerprint density at radius 1 is 0.875 bits per heavy atom. The molecule has 0 aliphatic rings. The van der Waals surface area contributed by atoms with Gasteiger partial charge in [0, 0.05) is 0 Å². The highest BCUT2D eigenvalue weighted by Crippen LogP contribution is 1.76. The van der Waals surface area contributed by atoms with Gasteiger partial charge in [-0.3, -0.25) is 0 Å². The van der Waals surface area contributed by atoms with E-state index in [1.165, 1.54) is 12.8 Å². The second-order valence-electron chi connectivity index (χ2n) is 1.000. The molecule has 0 aromatic heterocycles. The van der Waals surface area contributed by atoms with Gasteiger partial charge in [0.15, 0.2) is 0 Å². The zero-order valence-corrected chi connectivity index (χ0v) is 7.76. The molecule has 0 saturated heterocycles. The summed E-state index contributed by atoms with van der Waals surface area (Å²) in [4.78, 5) is 0. The first-order valence-corrected chi connectivity index (χ1v) is 4.26. The summed E-state index contributed by atoms with van der Waals surface area (Å²) in [6.45, 7) is 8.36. The van der Waals surface area contributed by atoms with Crippen LogP contribution in [-0.2, 0) is 0 Å². The SMILES string of the molecule is CC.CCCC.CS. The molecule has 0 nitrogen and oxygen atoms in total. The van der Waals surface area contributed by atoms with Crippen LogP contribution in [0.1, 0.15) is 40.5 Å². The number of hydrogen-bond acceptors (Lipinski definition) is 1. The second kappa shape index (κ2) is 53.7. The van der Waals surface area contributed by atoms with Gasteiger partial charge in [0.2, 0.25) is 0 Å². The quantitative estimate of drug-likeness (QED) is 0.525. The molecule has 0 bridgehead atoms. The molecule has 0 aliphatic heterocycles. The first kappa shape index (κ1) is 15.8. The minimum Gasteiger partial charge on any atom is -0.183 e. The Balaban J connectivity index is -0.0000000542. The average Bonchev–Trinajstić information content (AvgIpc) is 1.96. The number of unbranched alkanes of at least 4 members (excludes halogenated alkanes) is 1. The van der Waals surface area contributed by atoms with E-state index in [9.17, 15) is 0 Å². The Morgan fingerprint density at radius 3 is 1.00 bits per heavy atom. The van der Waals surface area contributed by atoms with Gasteiger partial charge in [0.1, 0.15) is 0 Å². The van der Waals surface area contributed by atoms with E-state index in [-0.39, 0.29) is 0 Å². The van der Waals surface area contributed by atoms with Crippen LogP contribution >= 0.6 is 12.6 Å². The van der Waals surface area contributed by atoms with Crippen molar-refractivity contribution in [2.24, 2.45) is 0 Å². The standard InChI is InChI=1S/C4H10.C2H6.CH4S/c1-3-4-2;2*1-2/h3-4H2,1-2H3;1-2H3;2H,1H3. The lowest BCUT2D eigenvalue weighted by atomic mass is 10.4. The van der Waals surface area contributed by atoms with E-state index in [4.69, 9.17) is 0 Å². The van der Waals surface area contributed by atoms with Crippen LogP contribution in [0.5, 0.6) is 0 Å². The van der Waals surface area contributed by atoms with Gasteiger partial charge in [-0.25, -0.2) is 0 Å². The summed E-state index contributed by atoms with van der Waals surface area (Å²) < 4.78 is 0. The molecule has 1 heteroatoms. The van der Waals surface area contributed by atoms with E-state index in [0.29, 0.717) is 0 Å². The monoisotopic (exact) mass is 136 g/mol. The molecule has 0 radical (unpaired) electrons. The summed E-state index contributed by atoms with van der Waals surface area (Å²) in [6, 6.07) is 0. The third kappa shape index (κ3) is 99.7. The first-order valence-electron chi connectivity index (χ1n) is 3.36. The van der Waals surface area contributed by atoms with Crippen LogP contribution in [0.4, 0.5) is 0 Å². The minimum absolute atomic E-state index is 1.32. The molecule has 0 aromatic rings. The van der Waals surface area contributed by atoms with E-state index in [2.05, 4.69) is 26.5 Å². The minimum atomic E-state index is 1.32. The highest BCUT2D eigenvalue weighted by Gasteiger charge is 1.56. The van der Waals surface area contributed by atoms with Crippen LogP contribution in [0.2, 0.25) is 0 Å². The van der Waals surface area contributed by atoms with Crippen molar-refractivity contribution in [1.82, 2.24) is 0 Å². The number of rotatable bonds is 1. The summed E-state index contributed by atoms with van der Waals surface area (Å²) >= 11 is 3.53. The molecule has 8 heavy (non-hydrogen) atoms. The zero-order valence-electron chi connectivity index (χ0n) is 6.86. The Hall–Kier alpha value is 0.350. The molecule has 0 fully saturated rings. The second-order valence-corrected chi connectivity index (χ2v) is 1.000. The molecule has 0 aliphatic carbocycles. The fraction of sp³-hybridized carbons (Fsp3) is 1.00. The molecule has 0 aromatic carbocycles. The molecule has 0 spiro atoms. The molecule has 0 amide bonds. The van der Waals surface area contributed by atoms with Crippen molar-refractivity contribution in [1.29, 1.82) is 0 Å². The van der Waals surface area contributed by atoms with Crippen molar-refractivity contribution >= 4 is 12.6 Å². The van der Waals surface area contributed by atoms with Crippen molar-refractivity contribution in [2.75, 3.05) is 6.26 Å². The fourth-order valence-electron chi connectivity index (χ4n) is 0. The maximum absolute atomic E-state index is 3.53. The Bertz CT molecular complexity index is 6.35. The topological polar surface area (TPSA) is 0 Å². The van der Waals surface area contributed by atoms with Crippen LogP contribution in [-0.4, -0.2) is 6.26 Å². The van der Waals surface area contributed by atoms with Crippen LogP contribution in [0.25, 0.3) is 0 Å². The van der Waals surface area contributed by atoms with Crippen molar-refractivity contribution in [2.45, 2.75) is 40.5 Å². The largest absolute Gasteiger partial charge is 0.183 e. The van der Waals surface area contributed by atoms with Crippen molar-refractivity contribution in [3.05, 3.63) is 0 Å². The van der Waals surface area contributed by atoms with E-state index in [0.717, 1.165) is 0 Å². The van der Waals surface area contributed by atoms with Crippen molar-refractivity contribution in [3.63, 3.8) is 0 Å². The van der Waals surface area contributed by atoms with E-state index in [1.807, 2.05) is 13.8 Å². The summed E-state index contributed by atoms with van der Waals surface area (Å²) in [5.41, 5.74) is 0. The highest BCUT2D eigenvalue weighted by atomic mass is 32.1. The summed E-state index contributed by atoms with van der Waals surface area (Å²) in [5, 5.41) is 0. The number of hydrogen-bond donors (Lipinski definition) is 1. The molecule has 0 heterocycles. The van der Waals surface area contributed by atoms with E-state index < -0.39 is 0 Å². The lowest BCUT2D eigenvalue weighted by Gasteiger charge is -1.68. The smallest absolute Gasteiger partial charge is 0.0215 e. The molecule has 54 valence electrons. The predicted octanol–water partition coefficient (Wildman–Crippen LogP) is 3.38. The zero-order chi connectivity index (χ0) is 7.41. The molecule has 0 rings (SSSR count). The Kier molecular flexibility index (Phi) is 106. The van der Waals surface area contributed by atoms with Gasteiger partial charge < -0.3 is 0 Å². The summed E-state index contributed by atoms with van der Waals surface area (Å²) in [6.07, 6.45) is 4.33. The van der Waals surface area contributed by atoms with Crippen molar-refractivity contribution < 1.29 is 0 Å². The van der Waals surface area contributed by atoms with Gasteiger partial charge in [-0.15, -0.1) is 0 Å². The van der Waals surface area contributed by atoms with Crippen molar-refractivity contribution in [3.8, 4) is 0 Å². The van der Waals surface area contributed by atoms with Crippen LogP contribution < -0.4 is 0 Å².